The minimum Gasteiger partial charge on any atom is -0.469 e. The maximum absolute atomic E-state index is 10.8. The zero-order valence-corrected chi connectivity index (χ0v) is 5.43. The van der Waals surface area contributed by atoms with Gasteiger partial charge in [0.05, 0.1) is 9.85 Å². The largest absolute Gasteiger partial charge is 0.469 e. The number of carbonyl (C=O) groups excluding carboxylic acids is 1. The van der Waals surface area contributed by atoms with Crippen LogP contribution in [0.2, 0.25) is 0 Å². The number of rotatable bonds is 4. The van der Waals surface area contributed by atoms with Crippen molar-refractivity contribution >= 4 is 5.97 Å². The Balaban J connectivity index is 4.41. The SMILES string of the molecule is [2H]C([2H])(CC([2H])([2H])C(=O)OC)OC. The molecule has 0 heterocycles. The number of methoxy groups -OCH3 is 2. The molecule has 0 aromatic carbocycles. The van der Waals surface area contributed by atoms with E-state index in [0.717, 1.165) is 14.2 Å². The lowest BCUT2D eigenvalue weighted by Crippen LogP contribution is -2.01. The predicted octanol–water partition coefficient (Wildman–Crippen LogP) is 0.586. The van der Waals surface area contributed by atoms with E-state index >= 15 is 0 Å². The molecule has 0 saturated heterocycles. The number of carbonyl (C=O) groups is 1. The second-order valence-electron chi connectivity index (χ2n) is 1.19. The van der Waals surface area contributed by atoms with E-state index in [-0.39, 0.29) is 0 Å². The van der Waals surface area contributed by atoms with Crippen LogP contribution in [0.1, 0.15) is 18.3 Å². The minimum absolute atomic E-state index is 0.691. The summed E-state index contributed by atoms with van der Waals surface area (Å²) in [7, 11) is 2.15. The Bertz CT molecular complexity index is 192. The maximum atomic E-state index is 10.8. The van der Waals surface area contributed by atoms with Gasteiger partial charge in [-0.1, -0.05) is 0 Å². The lowest BCUT2D eigenvalue weighted by Gasteiger charge is -1.96. The van der Waals surface area contributed by atoms with Gasteiger partial charge in [0.25, 0.3) is 0 Å². The fraction of sp³-hybridized carbons (Fsp3) is 0.833. The number of ether oxygens (including phenoxy) is 2. The van der Waals surface area contributed by atoms with Crippen molar-refractivity contribution in [2.45, 2.75) is 12.8 Å². The number of hydrogen-bond acceptors (Lipinski definition) is 3. The van der Waals surface area contributed by atoms with Crippen LogP contribution in [0, 0.1) is 0 Å². The average molecular weight is 136 g/mol. The molecule has 3 nitrogen and oxygen atoms in total. The molecule has 0 aliphatic heterocycles. The van der Waals surface area contributed by atoms with Gasteiger partial charge in [-0.3, -0.25) is 4.79 Å². The topological polar surface area (TPSA) is 35.5 Å². The van der Waals surface area contributed by atoms with Gasteiger partial charge < -0.3 is 9.47 Å². The Morgan fingerprint density at radius 3 is 2.78 bits per heavy atom. The van der Waals surface area contributed by atoms with Crippen molar-refractivity contribution in [3.63, 3.8) is 0 Å². The fourth-order valence-electron chi connectivity index (χ4n) is 0.253. The van der Waals surface area contributed by atoms with E-state index in [2.05, 4.69) is 9.47 Å². The summed E-state index contributed by atoms with van der Waals surface area (Å²) in [4.78, 5) is 10.8. The highest BCUT2D eigenvalue weighted by atomic mass is 16.5. The molecule has 0 aromatic heterocycles. The first-order valence-electron chi connectivity index (χ1n) is 4.39. The summed E-state index contributed by atoms with van der Waals surface area (Å²) in [6.07, 6.45) is -3.06. The van der Waals surface area contributed by atoms with E-state index in [9.17, 15) is 4.79 Å². The van der Waals surface area contributed by atoms with Crippen molar-refractivity contribution in [1.29, 1.82) is 0 Å². The summed E-state index contributed by atoms with van der Waals surface area (Å²) in [5.74, 6) is -1.10. The molecule has 0 aliphatic carbocycles. The molecule has 0 atom stereocenters. The van der Waals surface area contributed by atoms with E-state index in [0.29, 0.717) is 0 Å². The van der Waals surface area contributed by atoms with Crippen LogP contribution in [0.4, 0.5) is 0 Å². The average Bonchev–Trinajstić information content (AvgIpc) is 2.01. The lowest BCUT2D eigenvalue weighted by molar-refractivity contribution is -0.140. The lowest BCUT2D eigenvalue weighted by atomic mass is 10.3. The Hall–Kier alpha value is -0.570. The van der Waals surface area contributed by atoms with Gasteiger partial charge in [-0.05, 0) is 6.42 Å². The highest BCUT2D eigenvalue weighted by molar-refractivity contribution is 5.68. The number of hydrogen-bond donors (Lipinski definition) is 0. The molecule has 0 aliphatic rings. The molecular formula is C6H12O3. The quantitative estimate of drug-likeness (QED) is 0.530. The van der Waals surface area contributed by atoms with E-state index in [1.165, 1.54) is 0 Å². The molecule has 0 radical (unpaired) electrons. The van der Waals surface area contributed by atoms with Gasteiger partial charge in [-0.2, -0.15) is 0 Å². The molecule has 0 amide bonds. The van der Waals surface area contributed by atoms with E-state index in [1.807, 2.05) is 0 Å². The molecule has 54 valence electrons. The molecule has 0 N–H and O–H groups in total. The van der Waals surface area contributed by atoms with Gasteiger partial charge in [-0.25, -0.2) is 0 Å². The smallest absolute Gasteiger partial charge is 0.305 e. The van der Waals surface area contributed by atoms with Gasteiger partial charge >= 0.3 is 5.97 Å². The van der Waals surface area contributed by atoms with Gasteiger partial charge in [0, 0.05) is 22.8 Å². The fourth-order valence-corrected chi connectivity index (χ4v) is 0.253. The van der Waals surface area contributed by atoms with Crippen LogP contribution in [-0.2, 0) is 14.3 Å². The monoisotopic (exact) mass is 136 g/mol. The Kier molecular flexibility index (Phi) is 2.20. The molecule has 0 bridgehead atoms. The molecule has 0 fully saturated rings. The first kappa shape index (κ1) is 3.56. The van der Waals surface area contributed by atoms with Gasteiger partial charge in [0.2, 0.25) is 0 Å². The van der Waals surface area contributed by atoms with Gasteiger partial charge in [-0.15, -0.1) is 0 Å². The third-order valence-electron chi connectivity index (χ3n) is 0.635. The van der Waals surface area contributed by atoms with Crippen LogP contribution in [0.15, 0.2) is 0 Å². The summed E-state index contributed by atoms with van der Waals surface area (Å²) in [5.41, 5.74) is 0. The second kappa shape index (κ2) is 5.56. The van der Waals surface area contributed by atoms with Crippen LogP contribution < -0.4 is 0 Å². The minimum atomic E-state index is -2.37. The highest BCUT2D eigenvalue weighted by Gasteiger charge is 1.96. The van der Waals surface area contributed by atoms with Crippen molar-refractivity contribution in [2.75, 3.05) is 20.8 Å². The van der Waals surface area contributed by atoms with Crippen LogP contribution in [-0.4, -0.2) is 26.7 Å². The van der Waals surface area contributed by atoms with Crippen molar-refractivity contribution in [1.82, 2.24) is 0 Å². The molecule has 9 heavy (non-hydrogen) atoms. The predicted molar refractivity (Wildman–Crippen MR) is 33.1 cm³/mol. The molecule has 0 unspecified atom stereocenters. The van der Waals surface area contributed by atoms with Crippen LogP contribution in [0.3, 0.4) is 0 Å². The first-order valence-corrected chi connectivity index (χ1v) is 2.39. The van der Waals surface area contributed by atoms with E-state index in [1.54, 1.807) is 0 Å². The van der Waals surface area contributed by atoms with Crippen molar-refractivity contribution in [3.05, 3.63) is 0 Å². The van der Waals surface area contributed by atoms with E-state index < -0.39 is 25.3 Å². The third-order valence-corrected chi connectivity index (χ3v) is 0.635. The van der Waals surface area contributed by atoms with Gasteiger partial charge in [0.15, 0.2) is 0 Å². The molecule has 3 heteroatoms. The van der Waals surface area contributed by atoms with Crippen molar-refractivity contribution < 1.29 is 19.8 Å². The van der Waals surface area contributed by atoms with E-state index in [4.69, 9.17) is 5.48 Å². The zero-order valence-electron chi connectivity index (χ0n) is 9.43. The normalized spacial score (nSPS) is 18.9. The summed E-state index contributed by atoms with van der Waals surface area (Å²) < 4.78 is 37.0. The third kappa shape index (κ3) is 5.30. The molecule has 0 aromatic rings. The van der Waals surface area contributed by atoms with Gasteiger partial charge in [0.1, 0.15) is 0 Å². The summed E-state index contributed by atoms with van der Waals surface area (Å²) in [6.45, 7) is -2.17. The van der Waals surface area contributed by atoms with Crippen molar-refractivity contribution in [3.8, 4) is 0 Å². The Morgan fingerprint density at radius 1 is 1.67 bits per heavy atom. The molecular weight excluding hydrogens is 120 g/mol. The number of esters is 1. The summed E-state index contributed by atoms with van der Waals surface area (Å²) in [6, 6.07) is 0. The second-order valence-corrected chi connectivity index (χ2v) is 1.19. The Morgan fingerprint density at radius 2 is 2.33 bits per heavy atom. The van der Waals surface area contributed by atoms with Crippen LogP contribution in [0.25, 0.3) is 0 Å². The van der Waals surface area contributed by atoms with Crippen LogP contribution >= 0.6 is 0 Å². The highest BCUT2D eigenvalue weighted by Crippen LogP contribution is 1.90. The molecule has 0 saturated carbocycles. The molecule has 0 spiro atoms. The summed E-state index contributed by atoms with van der Waals surface area (Å²) in [5, 5.41) is 0. The first-order chi connectivity index (χ1) is 5.75. The van der Waals surface area contributed by atoms with Crippen molar-refractivity contribution in [2.24, 2.45) is 0 Å². The summed E-state index contributed by atoms with van der Waals surface area (Å²) >= 11 is 0. The Labute approximate surface area is 60.6 Å². The standard InChI is InChI=1S/C6H12O3/c1-8-5-3-4-6(7)9-2/h3-5H2,1-2H3/i4D2,5D2. The van der Waals surface area contributed by atoms with Crippen LogP contribution in [0.5, 0.6) is 0 Å². The molecule has 0 rings (SSSR count). The zero-order chi connectivity index (χ0) is 10.7. The maximum Gasteiger partial charge on any atom is 0.305 e.